The third-order valence-electron chi connectivity index (χ3n) is 4.22. The van der Waals surface area contributed by atoms with Crippen LogP contribution in [0.5, 0.6) is 0 Å². The summed E-state index contributed by atoms with van der Waals surface area (Å²) in [6.07, 6.45) is -3.25. The van der Waals surface area contributed by atoms with Crippen LogP contribution in [-0.4, -0.2) is 20.6 Å². The predicted molar refractivity (Wildman–Crippen MR) is 93.3 cm³/mol. The molecule has 1 saturated carbocycles. The monoisotopic (exact) mass is 446 g/mol. The van der Waals surface area contributed by atoms with Crippen LogP contribution >= 0.6 is 15.9 Å². The summed E-state index contributed by atoms with van der Waals surface area (Å²) in [6.45, 7) is 1.40. The average molecular weight is 447 g/mol. The van der Waals surface area contributed by atoms with Gasteiger partial charge in [-0.05, 0) is 41.8 Å². The molecule has 27 heavy (non-hydrogen) atoms. The first kappa shape index (κ1) is 19.3. The maximum Gasteiger partial charge on any atom is 0.436 e. The Morgan fingerprint density at radius 2 is 2.04 bits per heavy atom. The highest BCUT2D eigenvalue weighted by molar-refractivity contribution is 9.10. The van der Waals surface area contributed by atoms with Crippen molar-refractivity contribution >= 4 is 33.2 Å². The molecule has 0 radical (unpaired) electrons. The van der Waals surface area contributed by atoms with Crippen molar-refractivity contribution in [3.8, 4) is 0 Å². The van der Waals surface area contributed by atoms with Crippen LogP contribution in [0.25, 0.3) is 0 Å². The fraction of sp³-hybridized carbons (Fsp3) is 0.375. The number of nitro benzene ring substituents is 1. The summed E-state index contributed by atoms with van der Waals surface area (Å²) < 4.78 is 40.5. The molecule has 0 spiro atoms. The molecule has 1 heterocycles. The van der Waals surface area contributed by atoms with Crippen LogP contribution in [0.15, 0.2) is 28.7 Å². The summed E-state index contributed by atoms with van der Waals surface area (Å²) in [6, 6.07) is 4.44. The molecular weight excluding hydrogens is 433 g/mol. The van der Waals surface area contributed by atoms with E-state index in [9.17, 15) is 28.1 Å². The van der Waals surface area contributed by atoms with Gasteiger partial charge >= 0.3 is 6.18 Å². The second-order valence-corrected chi connectivity index (χ2v) is 7.00. The van der Waals surface area contributed by atoms with E-state index in [0.29, 0.717) is 18.5 Å². The van der Waals surface area contributed by atoms with E-state index in [4.69, 9.17) is 0 Å². The van der Waals surface area contributed by atoms with E-state index in [1.165, 1.54) is 31.2 Å². The van der Waals surface area contributed by atoms with E-state index < -0.39 is 28.7 Å². The average Bonchev–Trinajstić information content (AvgIpc) is 3.35. The number of para-hydroxylation sites is 2. The Kier molecular flexibility index (Phi) is 4.98. The number of carbonyl (C=O) groups excluding carboxylic acids is 1. The van der Waals surface area contributed by atoms with Crippen molar-refractivity contribution in [1.82, 2.24) is 9.78 Å². The van der Waals surface area contributed by atoms with Gasteiger partial charge in [0.15, 0.2) is 5.69 Å². The highest BCUT2D eigenvalue weighted by Gasteiger charge is 2.43. The molecule has 1 aliphatic carbocycles. The van der Waals surface area contributed by atoms with Gasteiger partial charge in [-0.2, -0.15) is 18.3 Å². The number of amides is 1. The zero-order valence-electron chi connectivity index (χ0n) is 14.0. The molecule has 1 unspecified atom stereocenters. The van der Waals surface area contributed by atoms with E-state index >= 15 is 0 Å². The number of carbonyl (C=O) groups is 1. The second-order valence-electron chi connectivity index (χ2n) is 6.20. The molecule has 144 valence electrons. The number of benzene rings is 1. The van der Waals surface area contributed by atoms with Crippen molar-refractivity contribution in [2.24, 2.45) is 0 Å². The molecule has 1 amide bonds. The van der Waals surface area contributed by atoms with Crippen molar-refractivity contribution in [2.75, 3.05) is 5.32 Å². The van der Waals surface area contributed by atoms with E-state index in [1.54, 1.807) is 0 Å². The van der Waals surface area contributed by atoms with E-state index in [0.717, 1.165) is 4.68 Å². The highest BCUT2D eigenvalue weighted by atomic mass is 79.9. The SMILES string of the molecule is CC(C(=O)Nc1ccccc1[N+](=O)[O-])n1nc(C(F)(F)F)c(Br)c1C1CC1. The van der Waals surface area contributed by atoms with Gasteiger partial charge in [-0.25, -0.2) is 0 Å². The number of anilines is 1. The number of nitrogens with one attached hydrogen (secondary N) is 1. The van der Waals surface area contributed by atoms with Gasteiger partial charge in [0.1, 0.15) is 11.7 Å². The molecule has 1 atom stereocenters. The molecule has 1 aromatic carbocycles. The lowest BCUT2D eigenvalue weighted by Gasteiger charge is -2.16. The zero-order chi connectivity index (χ0) is 19.9. The maximum absolute atomic E-state index is 13.2. The molecular formula is C16H14BrF3N4O3. The standard InChI is InChI=1S/C16H14BrF3N4O3/c1-8(15(25)21-10-4-2-3-5-11(10)24(26)27)23-13(9-6-7-9)12(17)14(22-23)16(18,19)20/h2-5,8-9H,6-7H2,1H3,(H,21,25). The summed E-state index contributed by atoms with van der Waals surface area (Å²) in [7, 11) is 0. The van der Waals surface area contributed by atoms with Gasteiger partial charge in [0.05, 0.1) is 15.1 Å². The fourth-order valence-electron chi connectivity index (χ4n) is 2.71. The Balaban J connectivity index is 1.93. The third-order valence-corrected chi connectivity index (χ3v) is 5.01. The Morgan fingerprint density at radius 3 is 2.59 bits per heavy atom. The number of aromatic nitrogens is 2. The topological polar surface area (TPSA) is 90.1 Å². The Hall–Kier alpha value is -2.43. The molecule has 0 aliphatic heterocycles. The Bertz CT molecular complexity index is 909. The van der Waals surface area contributed by atoms with Crippen LogP contribution in [0.4, 0.5) is 24.5 Å². The normalized spacial score (nSPS) is 15.4. The predicted octanol–water partition coefficient (Wildman–Crippen LogP) is 4.65. The number of nitro groups is 1. The van der Waals surface area contributed by atoms with Gasteiger partial charge in [-0.1, -0.05) is 12.1 Å². The second kappa shape index (κ2) is 6.95. The molecule has 1 aromatic heterocycles. The van der Waals surface area contributed by atoms with Gasteiger partial charge in [0.2, 0.25) is 5.91 Å². The first-order chi connectivity index (χ1) is 12.6. The van der Waals surface area contributed by atoms with Crippen LogP contribution < -0.4 is 5.32 Å². The number of alkyl halides is 3. The number of halogens is 4. The smallest absolute Gasteiger partial charge is 0.319 e. The van der Waals surface area contributed by atoms with Crippen LogP contribution in [0.1, 0.15) is 43.1 Å². The molecule has 0 saturated heterocycles. The first-order valence-corrected chi connectivity index (χ1v) is 8.80. The Labute approximate surface area is 159 Å². The van der Waals surface area contributed by atoms with Crippen LogP contribution in [0.2, 0.25) is 0 Å². The van der Waals surface area contributed by atoms with Crippen molar-refractivity contribution < 1.29 is 22.9 Å². The molecule has 0 bridgehead atoms. The zero-order valence-corrected chi connectivity index (χ0v) is 15.5. The molecule has 11 heteroatoms. The highest BCUT2D eigenvalue weighted by Crippen LogP contribution is 2.47. The minimum Gasteiger partial charge on any atom is -0.319 e. The lowest BCUT2D eigenvalue weighted by Crippen LogP contribution is -2.26. The number of nitrogens with zero attached hydrogens (tertiary/aromatic N) is 3. The molecule has 7 nitrogen and oxygen atoms in total. The van der Waals surface area contributed by atoms with E-state index in [-0.39, 0.29) is 21.8 Å². The molecule has 1 N–H and O–H groups in total. The molecule has 1 aliphatic rings. The number of hydrogen-bond acceptors (Lipinski definition) is 4. The van der Waals surface area contributed by atoms with Crippen molar-refractivity contribution in [3.63, 3.8) is 0 Å². The van der Waals surface area contributed by atoms with Gasteiger partial charge in [0.25, 0.3) is 5.69 Å². The Morgan fingerprint density at radius 1 is 1.41 bits per heavy atom. The lowest BCUT2D eigenvalue weighted by atomic mass is 10.2. The third kappa shape index (κ3) is 3.82. The number of hydrogen-bond donors (Lipinski definition) is 1. The van der Waals surface area contributed by atoms with Gasteiger partial charge in [0, 0.05) is 12.0 Å². The van der Waals surface area contributed by atoms with Gasteiger partial charge < -0.3 is 5.32 Å². The summed E-state index contributed by atoms with van der Waals surface area (Å²) >= 11 is 2.97. The quantitative estimate of drug-likeness (QED) is 0.534. The van der Waals surface area contributed by atoms with Crippen molar-refractivity contribution in [2.45, 2.75) is 37.9 Å². The minimum atomic E-state index is -4.66. The molecule has 1 fully saturated rings. The van der Waals surface area contributed by atoms with Gasteiger partial charge in [-0.15, -0.1) is 0 Å². The molecule has 2 aromatic rings. The summed E-state index contributed by atoms with van der Waals surface area (Å²) in [4.78, 5) is 23.0. The summed E-state index contributed by atoms with van der Waals surface area (Å²) in [5, 5.41) is 17.1. The number of rotatable bonds is 5. The van der Waals surface area contributed by atoms with Crippen molar-refractivity contribution in [3.05, 3.63) is 50.2 Å². The minimum absolute atomic E-state index is 0.0328. The van der Waals surface area contributed by atoms with Crippen LogP contribution in [0, 0.1) is 10.1 Å². The largest absolute Gasteiger partial charge is 0.436 e. The first-order valence-electron chi connectivity index (χ1n) is 8.00. The lowest BCUT2D eigenvalue weighted by molar-refractivity contribution is -0.383. The van der Waals surface area contributed by atoms with Crippen LogP contribution in [0.3, 0.4) is 0 Å². The van der Waals surface area contributed by atoms with Crippen LogP contribution in [-0.2, 0) is 11.0 Å². The van der Waals surface area contributed by atoms with E-state index in [1.807, 2.05) is 0 Å². The summed E-state index contributed by atoms with van der Waals surface area (Å²) in [5.74, 6) is -0.806. The molecule has 3 rings (SSSR count). The van der Waals surface area contributed by atoms with E-state index in [2.05, 4.69) is 26.3 Å². The van der Waals surface area contributed by atoms with Crippen molar-refractivity contribution in [1.29, 1.82) is 0 Å². The summed E-state index contributed by atoms with van der Waals surface area (Å²) in [5.41, 5.74) is -1.12. The maximum atomic E-state index is 13.2. The van der Waals surface area contributed by atoms with Gasteiger partial charge in [-0.3, -0.25) is 19.6 Å². The fourth-order valence-corrected chi connectivity index (χ4v) is 3.52.